The van der Waals surface area contributed by atoms with Crippen molar-refractivity contribution in [3.05, 3.63) is 23.2 Å². The summed E-state index contributed by atoms with van der Waals surface area (Å²) < 4.78 is 5.98. The maximum absolute atomic E-state index is 5.98. The number of nitrogens with zero attached hydrogens (tertiary/aromatic N) is 1. The van der Waals surface area contributed by atoms with E-state index in [1.807, 2.05) is 0 Å². The number of hydrogen-bond acceptors (Lipinski definition) is 3. The van der Waals surface area contributed by atoms with Gasteiger partial charge in [0.25, 0.3) is 0 Å². The van der Waals surface area contributed by atoms with Crippen LogP contribution in [0, 0.1) is 12.8 Å². The lowest BCUT2D eigenvalue weighted by molar-refractivity contribution is 0.208. The first-order valence-corrected chi connectivity index (χ1v) is 7.61. The number of hydrogen-bond donors (Lipinski definition) is 1. The van der Waals surface area contributed by atoms with Gasteiger partial charge in [0.2, 0.25) is 0 Å². The molecule has 0 radical (unpaired) electrons. The highest BCUT2D eigenvalue weighted by Crippen LogP contribution is 2.35. The maximum atomic E-state index is 5.98. The van der Waals surface area contributed by atoms with E-state index in [0.29, 0.717) is 6.04 Å². The normalized spacial score (nSPS) is 17.1. The highest BCUT2D eigenvalue weighted by Gasteiger charge is 2.30. The molecule has 0 spiro atoms. The van der Waals surface area contributed by atoms with E-state index in [0.717, 1.165) is 43.5 Å². The zero-order valence-electron chi connectivity index (χ0n) is 12.8. The van der Waals surface area contributed by atoms with Gasteiger partial charge in [-0.15, -0.1) is 0 Å². The Hall–Kier alpha value is -0.800. The third-order valence-corrected chi connectivity index (χ3v) is 4.19. The van der Waals surface area contributed by atoms with E-state index >= 15 is 0 Å². The van der Waals surface area contributed by atoms with Gasteiger partial charge < -0.3 is 9.73 Å². The van der Waals surface area contributed by atoms with Crippen molar-refractivity contribution in [1.29, 1.82) is 0 Å². The van der Waals surface area contributed by atoms with Gasteiger partial charge in [-0.1, -0.05) is 6.92 Å². The fourth-order valence-corrected chi connectivity index (χ4v) is 2.55. The van der Waals surface area contributed by atoms with Gasteiger partial charge in [-0.2, -0.15) is 0 Å². The van der Waals surface area contributed by atoms with Crippen molar-refractivity contribution < 1.29 is 4.42 Å². The molecule has 1 unspecified atom stereocenters. The Balaban J connectivity index is 1.87. The molecule has 1 aromatic heterocycles. The smallest absolute Gasteiger partial charge is 0.120 e. The number of nitrogens with one attached hydrogen (secondary N) is 1. The van der Waals surface area contributed by atoms with Crippen molar-refractivity contribution in [2.24, 2.45) is 5.92 Å². The molecule has 1 fully saturated rings. The molecule has 1 heterocycles. The van der Waals surface area contributed by atoms with Crippen molar-refractivity contribution in [2.75, 3.05) is 13.6 Å². The number of rotatable bonds is 8. The fraction of sp³-hybridized carbons (Fsp3) is 0.750. The Morgan fingerprint density at radius 2 is 2.21 bits per heavy atom. The molecule has 0 aliphatic heterocycles. The predicted octanol–water partition coefficient (Wildman–Crippen LogP) is 3.32. The first-order chi connectivity index (χ1) is 9.11. The molecule has 108 valence electrons. The Labute approximate surface area is 117 Å². The van der Waals surface area contributed by atoms with Crippen molar-refractivity contribution in [3.63, 3.8) is 0 Å². The summed E-state index contributed by atoms with van der Waals surface area (Å²) in [5, 5.41) is 3.40. The topological polar surface area (TPSA) is 28.4 Å². The molecular weight excluding hydrogens is 236 g/mol. The molecule has 1 N–H and O–H groups in total. The van der Waals surface area contributed by atoms with Gasteiger partial charge in [0.15, 0.2) is 0 Å². The molecule has 1 aliphatic carbocycles. The van der Waals surface area contributed by atoms with Gasteiger partial charge in [-0.3, -0.25) is 4.90 Å². The lowest BCUT2D eigenvalue weighted by Gasteiger charge is -2.23. The first kappa shape index (κ1) is 14.6. The fourth-order valence-electron chi connectivity index (χ4n) is 2.55. The summed E-state index contributed by atoms with van der Waals surface area (Å²) in [4.78, 5) is 2.42. The molecule has 19 heavy (non-hydrogen) atoms. The van der Waals surface area contributed by atoms with Crippen LogP contribution in [0.1, 0.15) is 50.2 Å². The highest BCUT2D eigenvalue weighted by molar-refractivity contribution is 5.20. The van der Waals surface area contributed by atoms with Gasteiger partial charge in [-0.05, 0) is 64.3 Å². The molecule has 1 atom stereocenters. The summed E-state index contributed by atoms with van der Waals surface area (Å²) in [5.74, 6) is 3.10. The zero-order chi connectivity index (χ0) is 13.8. The van der Waals surface area contributed by atoms with Crippen molar-refractivity contribution >= 4 is 0 Å². The van der Waals surface area contributed by atoms with Gasteiger partial charge in [0.05, 0.1) is 13.1 Å². The van der Waals surface area contributed by atoms with Crippen LogP contribution >= 0.6 is 0 Å². The van der Waals surface area contributed by atoms with Gasteiger partial charge in [0, 0.05) is 6.04 Å². The average Bonchev–Trinajstić information content (AvgIpc) is 3.16. The van der Waals surface area contributed by atoms with E-state index < -0.39 is 0 Å². The van der Waals surface area contributed by atoms with Crippen LogP contribution in [-0.2, 0) is 13.1 Å². The van der Waals surface area contributed by atoms with Crippen LogP contribution in [0.3, 0.4) is 0 Å². The lowest BCUT2D eigenvalue weighted by Crippen LogP contribution is -2.30. The maximum Gasteiger partial charge on any atom is 0.120 e. The molecule has 1 aliphatic rings. The molecule has 0 bridgehead atoms. The van der Waals surface area contributed by atoms with Crippen LogP contribution in [0.5, 0.6) is 0 Å². The summed E-state index contributed by atoms with van der Waals surface area (Å²) in [6.07, 6.45) is 3.96. The molecule has 0 amide bonds. The van der Waals surface area contributed by atoms with Crippen LogP contribution in [-0.4, -0.2) is 24.5 Å². The summed E-state index contributed by atoms with van der Waals surface area (Å²) >= 11 is 0. The first-order valence-electron chi connectivity index (χ1n) is 7.61. The molecule has 1 aromatic rings. The lowest BCUT2D eigenvalue weighted by atomic mass is 10.2. The summed E-state index contributed by atoms with van der Waals surface area (Å²) in [6, 6.07) is 2.87. The Morgan fingerprint density at radius 1 is 1.47 bits per heavy atom. The molecule has 0 saturated heterocycles. The van der Waals surface area contributed by atoms with E-state index in [2.05, 4.69) is 44.1 Å². The van der Waals surface area contributed by atoms with Gasteiger partial charge in [0.1, 0.15) is 11.5 Å². The second-order valence-electron chi connectivity index (χ2n) is 5.99. The van der Waals surface area contributed by atoms with Gasteiger partial charge >= 0.3 is 0 Å². The number of furan rings is 1. The molecular formula is C16H28N2O. The quantitative estimate of drug-likeness (QED) is 0.730. The van der Waals surface area contributed by atoms with Gasteiger partial charge in [-0.25, -0.2) is 0 Å². The van der Waals surface area contributed by atoms with E-state index in [9.17, 15) is 0 Å². The summed E-state index contributed by atoms with van der Waals surface area (Å²) in [7, 11) is 2.20. The Kier molecular flexibility index (Phi) is 5.06. The summed E-state index contributed by atoms with van der Waals surface area (Å²) in [6.45, 7) is 9.47. The molecule has 2 rings (SSSR count). The second kappa shape index (κ2) is 6.58. The molecule has 1 saturated carbocycles. The molecule has 3 heteroatoms. The van der Waals surface area contributed by atoms with Crippen LogP contribution in [0.4, 0.5) is 0 Å². The zero-order valence-corrected chi connectivity index (χ0v) is 12.8. The molecule has 0 aromatic carbocycles. The van der Waals surface area contributed by atoms with Crippen LogP contribution < -0.4 is 5.32 Å². The minimum Gasteiger partial charge on any atom is -0.463 e. The SMILES string of the molecule is CCCNCc1oc(CN(C)C(C)C2CC2)cc1C. The monoisotopic (exact) mass is 264 g/mol. The third-order valence-electron chi connectivity index (χ3n) is 4.19. The highest BCUT2D eigenvalue weighted by atomic mass is 16.3. The minimum absolute atomic E-state index is 0.673. The van der Waals surface area contributed by atoms with Crippen molar-refractivity contribution in [3.8, 4) is 0 Å². The predicted molar refractivity (Wildman–Crippen MR) is 79.1 cm³/mol. The molecule has 3 nitrogen and oxygen atoms in total. The van der Waals surface area contributed by atoms with E-state index in [1.54, 1.807) is 0 Å². The van der Waals surface area contributed by atoms with Crippen LogP contribution in [0.15, 0.2) is 10.5 Å². The van der Waals surface area contributed by atoms with E-state index in [-0.39, 0.29) is 0 Å². The van der Waals surface area contributed by atoms with Crippen molar-refractivity contribution in [2.45, 2.75) is 59.2 Å². The Morgan fingerprint density at radius 3 is 2.84 bits per heavy atom. The minimum atomic E-state index is 0.673. The van der Waals surface area contributed by atoms with Crippen LogP contribution in [0.2, 0.25) is 0 Å². The van der Waals surface area contributed by atoms with Crippen LogP contribution in [0.25, 0.3) is 0 Å². The third kappa shape index (κ3) is 4.08. The van der Waals surface area contributed by atoms with Crippen molar-refractivity contribution in [1.82, 2.24) is 10.2 Å². The largest absolute Gasteiger partial charge is 0.463 e. The standard InChI is InChI=1S/C16H28N2O/c1-5-8-17-10-16-12(2)9-15(19-16)11-18(4)13(3)14-6-7-14/h9,13-14,17H,5-8,10-11H2,1-4H3. The summed E-state index contributed by atoms with van der Waals surface area (Å²) in [5.41, 5.74) is 1.27. The van der Waals surface area contributed by atoms with E-state index in [4.69, 9.17) is 4.42 Å². The second-order valence-corrected chi connectivity index (χ2v) is 5.99. The average molecular weight is 264 g/mol. The number of aryl methyl sites for hydroxylation is 1. The Bertz CT molecular complexity index is 395. The van der Waals surface area contributed by atoms with E-state index in [1.165, 1.54) is 18.4 Å².